The van der Waals surface area contributed by atoms with Crippen LogP contribution in [-0.2, 0) is 0 Å². The molecule has 0 bridgehead atoms. The third kappa shape index (κ3) is 2.92. The summed E-state index contributed by atoms with van der Waals surface area (Å²) in [6.45, 7) is 14.9. The van der Waals surface area contributed by atoms with E-state index in [-0.39, 0.29) is 0 Å². The summed E-state index contributed by atoms with van der Waals surface area (Å²) in [4.78, 5) is 0. The SMILES string of the molecule is C=Cc1c(C(C)C)c(C(C)CCC)nn1/C=C\C. The zero-order valence-electron chi connectivity index (χ0n) is 12.4. The van der Waals surface area contributed by atoms with E-state index < -0.39 is 0 Å². The van der Waals surface area contributed by atoms with Crippen LogP contribution < -0.4 is 0 Å². The number of hydrogen-bond acceptors (Lipinski definition) is 1. The first-order valence-corrected chi connectivity index (χ1v) is 6.94. The van der Waals surface area contributed by atoms with E-state index in [0.29, 0.717) is 11.8 Å². The molecule has 1 atom stereocenters. The van der Waals surface area contributed by atoms with Crippen LogP contribution in [-0.4, -0.2) is 9.78 Å². The molecule has 1 rings (SSSR count). The average Bonchev–Trinajstić information content (AvgIpc) is 2.68. The van der Waals surface area contributed by atoms with Crippen molar-refractivity contribution in [2.24, 2.45) is 0 Å². The Morgan fingerprint density at radius 3 is 2.44 bits per heavy atom. The van der Waals surface area contributed by atoms with E-state index in [9.17, 15) is 0 Å². The van der Waals surface area contributed by atoms with E-state index >= 15 is 0 Å². The third-order valence-corrected chi connectivity index (χ3v) is 3.26. The summed E-state index contributed by atoms with van der Waals surface area (Å²) in [5.41, 5.74) is 3.73. The molecule has 100 valence electrons. The summed E-state index contributed by atoms with van der Waals surface area (Å²) in [7, 11) is 0. The fourth-order valence-corrected chi connectivity index (χ4v) is 2.46. The zero-order valence-corrected chi connectivity index (χ0v) is 12.4. The maximum Gasteiger partial charge on any atom is 0.0697 e. The molecule has 1 unspecified atom stereocenters. The van der Waals surface area contributed by atoms with E-state index in [1.165, 1.54) is 24.1 Å². The molecule has 18 heavy (non-hydrogen) atoms. The van der Waals surface area contributed by atoms with Crippen molar-refractivity contribution in [3.63, 3.8) is 0 Å². The molecule has 0 aliphatic carbocycles. The molecule has 0 aliphatic heterocycles. The van der Waals surface area contributed by atoms with E-state index in [4.69, 9.17) is 5.10 Å². The molecule has 0 amide bonds. The summed E-state index contributed by atoms with van der Waals surface area (Å²) in [6.07, 6.45) is 8.32. The molecule has 0 saturated heterocycles. The number of hydrogen-bond donors (Lipinski definition) is 0. The Hall–Kier alpha value is -1.31. The van der Waals surface area contributed by atoms with E-state index in [1.54, 1.807) is 0 Å². The van der Waals surface area contributed by atoms with Crippen LogP contribution in [0.25, 0.3) is 12.3 Å². The zero-order chi connectivity index (χ0) is 13.7. The molecule has 1 aromatic rings. The molecule has 0 spiro atoms. The molecule has 0 radical (unpaired) electrons. The van der Waals surface area contributed by atoms with Crippen LogP contribution in [0.4, 0.5) is 0 Å². The molecule has 0 aliphatic rings. The van der Waals surface area contributed by atoms with Gasteiger partial charge in [-0.3, -0.25) is 0 Å². The van der Waals surface area contributed by atoms with Gasteiger partial charge in [0.05, 0.1) is 11.4 Å². The minimum absolute atomic E-state index is 0.478. The molecule has 0 aromatic carbocycles. The van der Waals surface area contributed by atoms with Crippen LogP contribution in [0.3, 0.4) is 0 Å². The first-order valence-electron chi connectivity index (χ1n) is 6.94. The van der Waals surface area contributed by atoms with Gasteiger partial charge in [0.2, 0.25) is 0 Å². The van der Waals surface area contributed by atoms with E-state index in [1.807, 2.05) is 30.0 Å². The van der Waals surface area contributed by atoms with Crippen molar-refractivity contribution in [1.82, 2.24) is 9.78 Å². The van der Waals surface area contributed by atoms with Gasteiger partial charge in [-0.05, 0) is 25.3 Å². The fourth-order valence-electron chi connectivity index (χ4n) is 2.46. The molecule has 0 saturated carbocycles. The smallest absolute Gasteiger partial charge is 0.0697 e. The van der Waals surface area contributed by atoms with Crippen molar-refractivity contribution in [1.29, 1.82) is 0 Å². The van der Waals surface area contributed by atoms with Crippen molar-refractivity contribution in [3.05, 3.63) is 29.6 Å². The quantitative estimate of drug-likeness (QED) is 0.687. The summed E-state index contributed by atoms with van der Waals surface area (Å²) in [5, 5.41) is 4.77. The Balaban J connectivity index is 3.36. The van der Waals surface area contributed by atoms with Gasteiger partial charge < -0.3 is 0 Å². The van der Waals surface area contributed by atoms with Gasteiger partial charge in [0.25, 0.3) is 0 Å². The minimum atomic E-state index is 0.478. The van der Waals surface area contributed by atoms with Crippen LogP contribution in [0, 0.1) is 0 Å². The van der Waals surface area contributed by atoms with E-state index in [2.05, 4.69) is 34.3 Å². The van der Waals surface area contributed by atoms with Crippen molar-refractivity contribution >= 4 is 12.3 Å². The van der Waals surface area contributed by atoms with Crippen LogP contribution in [0.2, 0.25) is 0 Å². The number of aromatic nitrogens is 2. The highest BCUT2D eigenvalue weighted by atomic mass is 15.3. The van der Waals surface area contributed by atoms with Crippen LogP contribution in [0.1, 0.15) is 76.2 Å². The number of nitrogens with zero attached hydrogens (tertiary/aromatic N) is 2. The van der Waals surface area contributed by atoms with Gasteiger partial charge in [-0.1, -0.05) is 46.8 Å². The molecule has 2 nitrogen and oxygen atoms in total. The Labute approximate surface area is 111 Å². The van der Waals surface area contributed by atoms with Gasteiger partial charge in [0, 0.05) is 17.7 Å². The van der Waals surface area contributed by atoms with Crippen molar-refractivity contribution in [3.8, 4) is 0 Å². The fraction of sp³-hybridized carbons (Fsp3) is 0.562. The van der Waals surface area contributed by atoms with Crippen molar-refractivity contribution in [2.75, 3.05) is 0 Å². The summed E-state index contributed by atoms with van der Waals surface area (Å²) in [6, 6.07) is 0. The van der Waals surface area contributed by atoms with Crippen LogP contribution in [0.15, 0.2) is 12.7 Å². The largest absolute Gasteiger partial charge is 0.241 e. The maximum absolute atomic E-state index is 4.77. The van der Waals surface area contributed by atoms with E-state index in [0.717, 1.165) is 5.69 Å². The second-order valence-electron chi connectivity index (χ2n) is 5.16. The van der Waals surface area contributed by atoms with Crippen LogP contribution >= 0.6 is 0 Å². The lowest BCUT2D eigenvalue weighted by atomic mass is 9.92. The third-order valence-electron chi connectivity index (χ3n) is 3.26. The Morgan fingerprint density at radius 2 is 2.00 bits per heavy atom. The Bertz CT molecular complexity index is 425. The van der Waals surface area contributed by atoms with Gasteiger partial charge in [-0.25, -0.2) is 4.68 Å². The molecular weight excluding hydrogens is 220 g/mol. The highest BCUT2D eigenvalue weighted by molar-refractivity contribution is 5.54. The normalized spacial score (nSPS) is 13.4. The standard InChI is InChI=1S/C16H26N2/c1-7-10-13(6)16-15(12(4)5)14(9-3)18(17-16)11-8-2/h8-9,11-13H,3,7,10H2,1-2,4-6H3/b11-8-. The first-order chi connectivity index (χ1) is 8.56. The number of rotatable bonds is 6. The molecular formula is C16H26N2. The lowest BCUT2D eigenvalue weighted by Crippen LogP contribution is -2.00. The lowest BCUT2D eigenvalue weighted by Gasteiger charge is -2.12. The molecule has 1 heterocycles. The summed E-state index contributed by atoms with van der Waals surface area (Å²) >= 11 is 0. The Kier molecular flexibility index (Phi) is 5.39. The highest BCUT2D eigenvalue weighted by Gasteiger charge is 2.21. The predicted molar refractivity (Wildman–Crippen MR) is 80.7 cm³/mol. The van der Waals surface area contributed by atoms with Gasteiger partial charge >= 0.3 is 0 Å². The Morgan fingerprint density at radius 1 is 1.33 bits per heavy atom. The second-order valence-corrected chi connectivity index (χ2v) is 5.16. The number of allylic oxidation sites excluding steroid dienone is 1. The van der Waals surface area contributed by atoms with Crippen molar-refractivity contribution < 1.29 is 0 Å². The predicted octanol–water partition coefficient (Wildman–Crippen LogP) is 5.04. The maximum atomic E-state index is 4.77. The topological polar surface area (TPSA) is 17.8 Å². The first kappa shape index (κ1) is 14.7. The van der Waals surface area contributed by atoms with Gasteiger partial charge in [-0.2, -0.15) is 5.10 Å². The van der Waals surface area contributed by atoms with Gasteiger partial charge in [-0.15, -0.1) is 0 Å². The van der Waals surface area contributed by atoms with Gasteiger partial charge in [0.15, 0.2) is 0 Å². The monoisotopic (exact) mass is 246 g/mol. The molecule has 0 fully saturated rings. The second kappa shape index (κ2) is 6.58. The average molecular weight is 246 g/mol. The molecule has 0 N–H and O–H groups in total. The molecule has 1 aromatic heterocycles. The van der Waals surface area contributed by atoms with Gasteiger partial charge in [0.1, 0.15) is 0 Å². The minimum Gasteiger partial charge on any atom is -0.241 e. The summed E-state index contributed by atoms with van der Waals surface area (Å²) in [5.74, 6) is 0.990. The lowest BCUT2D eigenvalue weighted by molar-refractivity contribution is 0.629. The van der Waals surface area contributed by atoms with Crippen LogP contribution in [0.5, 0.6) is 0 Å². The van der Waals surface area contributed by atoms with Crippen molar-refractivity contribution in [2.45, 2.75) is 59.3 Å². The summed E-state index contributed by atoms with van der Waals surface area (Å²) < 4.78 is 1.96. The highest BCUT2D eigenvalue weighted by Crippen LogP contribution is 2.31. The molecule has 2 heteroatoms.